The predicted octanol–water partition coefficient (Wildman–Crippen LogP) is 2.61. The number of carbonyl (C=O) groups is 2. The Morgan fingerprint density at radius 2 is 2.03 bits per heavy atom. The van der Waals surface area contributed by atoms with E-state index >= 15 is 0 Å². The molecule has 1 aliphatic rings. The molecule has 0 spiro atoms. The van der Waals surface area contributed by atoms with Gasteiger partial charge in [-0.1, -0.05) is 18.6 Å². The number of imidazole rings is 1. The quantitative estimate of drug-likeness (QED) is 0.651. The van der Waals surface area contributed by atoms with Crippen LogP contribution in [-0.4, -0.2) is 53.1 Å². The molecule has 2 N–H and O–H groups in total. The fourth-order valence-corrected chi connectivity index (χ4v) is 3.68. The van der Waals surface area contributed by atoms with Crippen LogP contribution in [0.3, 0.4) is 0 Å². The van der Waals surface area contributed by atoms with Crippen molar-refractivity contribution in [3.8, 4) is 5.75 Å². The van der Waals surface area contributed by atoms with Gasteiger partial charge in [-0.25, -0.2) is 9.78 Å². The van der Waals surface area contributed by atoms with Crippen LogP contribution < -0.4 is 15.4 Å². The lowest BCUT2D eigenvalue weighted by Gasteiger charge is -2.21. The number of carbonyl (C=O) groups excluding carboxylic acids is 2. The highest BCUT2D eigenvalue weighted by atomic mass is 16.5. The maximum Gasteiger partial charge on any atom is 0.315 e. The fraction of sp³-hybridized carbons (Fsp3) is 0.500. The van der Waals surface area contributed by atoms with E-state index in [0.717, 1.165) is 49.4 Å². The van der Waals surface area contributed by atoms with E-state index in [4.69, 9.17) is 4.74 Å². The van der Waals surface area contributed by atoms with Gasteiger partial charge in [0, 0.05) is 45.5 Å². The lowest BCUT2D eigenvalue weighted by atomic mass is 10.1. The first-order chi connectivity index (χ1) is 14.6. The highest BCUT2D eigenvalue weighted by Crippen LogP contribution is 2.23. The number of amides is 3. The Morgan fingerprint density at radius 1 is 1.23 bits per heavy atom. The average Bonchev–Trinajstić information content (AvgIpc) is 3.07. The van der Waals surface area contributed by atoms with Gasteiger partial charge in [0.2, 0.25) is 5.91 Å². The third-order valence-corrected chi connectivity index (χ3v) is 5.40. The Hall–Kier alpha value is -3.03. The van der Waals surface area contributed by atoms with Gasteiger partial charge in [0.25, 0.3) is 0 Å². The molecule has 2 heterocycles. The minimum Gasteiger partial charge on any atom is -0.497 e. The minimum absolute atomic E-state index is 0.228. The molecule has 30 heavy (non-hydrogen) atoms. The summed E-state index contributed by atoms with van der Waals surface area (Å²) in [6.07, 6.45) is 8.09. The molecule has 0 unspecified atom stereocenters. The molecule has 0 bridgehead atoms. The predicted molar refractivity (Wildman–Crippen MR) is 114 cm³/mol. The number of benzene rings is 1. The van der Waals surface area contributed by atoms with Gasteiger partial charge in [-0.05, 0) is 37.0 Å². The van der Waals surface area contributed by atoms with Gasteiger partial charge in [0.15, 0.2) is 0 Å². The molecule has 1 saturated heterocycles. The second kappa shape index (κ2) is 10.7. The van der Waals surface area contributed by atoms with E-state index in [1.807, 2.05) is 47.0 Å². The summed E-state index contributed by atoms with van der Waals surface area (Å²) < 4.78 is 7.12. The topological polar surface area (TPSA) is 88.5 Å². The summed E-state index contributed by atoms with van der Waals surface area (Å²) >= 11 is 0. The molecule has 0 aliphatic carbocycles. The van der Waals surface area contributed by atoms with Gasteiger partial charge in [-0.3, -0.25) is 4.79 Å². The zero-order valence-corrected chi connectivity index (χ0v) is 17.8. The molecular weight excluding hydrogens is 382 g/mol. The van der Waals surface area contributed by atoms with E-state index in [1.54, 1.807) is 13.3 Å². The highest BCUT2D eigenvalue weighted by Gasteiger charge is 2.21. The number of hydrogen-bond acceptors (Lipinski definition) is 4. The maximum atomic E-state index is 12.6. The number of nitrogens with zero attached hydrogens (tertiary/aromatic N) is 3. The van der Waals surface area contributed by atoms with E-state index in [0.29, 0.717) is 19.5 Å². The standard InChI is InChI=1S/C22H31N5O3/c1-26-16-13-23-21(26)20(17-8-10-18(30-2)11-9-17)25-22(29)24-12-6-15-27-14-5-3-4-7-19(27)28/h8-11,13,16,20H,3-7,12,14-15H2,1-2H3,(H2,24,25,29)/t20-/m1/s1. The van der Waals surface area contributed by atoms with Crippen molar-refractivity contribution in [3.63, 3.8) is 0 Å². The molecule has 2 aromatic rings. The summed E-state index contributed by atoms with van der Waals surface area (Å²) in [5, 5.41) is 5.92. The van der Waals surface area contributed by atoms with Crippen molar-refractivity contribution >= 4 is 11.9 Å². The summed E-state index contributed by atoms with van der Waals surface area (Å²) in [6, 6.07) is 6.92. The number of aromatic nitrogens is 2. The molecule has 3 amide bonds. The molecule has 162 valence electrons. The van der Waals surface area contributed by atoms with E-state index in [9.17, 15) is 9.59 Å². The van der Waals surface area contributed by atoms with Crippen molar-refractivity contribution in [1.82, 2.24) is 25.1 Å². The van der Waals surface area contributed by atoms with Crippen LogP contribution in [0.5, 0.6) is 5.75 Å². The number of methoxy groups -OCH3 is 1. The van der Waals surface area contributed by atoms with Gasteiger partial charge < -0.3 is 24.8 Å². The smallest absolute Gasteiger partial charge is 0.315 e. The summed E-state index contributed by atoms with van der Waals surface area (Å²) in [5.41, 5.74) is 0.912. The fourth-order valence-electron chi connectivity index (χ4n) is 3.68. The van der Waals surface area contributed by atoms with E-state index in [-0.39, 0.29) is 18.0 Å². The first kappa shape index (κ1) is 21.7. The molecule has 0 radical (unpaired) electrons. The summed E-state index contributed by atoms with van der Waals surface area (Å²) in [5.74, 6) is 1.72. The first-order valence-corrected chi connectivity index (χ1v) is 10.5. The summed E-state index contributed by atoms with van der Waals surface area (Å²) in [4.78, 5) is 30.9. The molecule has 1 aromatic heterocycles. The zero-order chi connectivity index (χ0) is 21.3. The van der Waals surface area contributed by atoms with Gasteiger partial charge in [-0.2, -0.15) is 0 Å². The Balaban J connectivity index is 1.55. The molecular formula is C22H31N5O3. The minimum atomic E-state index is -0.386. The lowest BCUT2D eigenvalue weighted by molar-refractivity contribution is -0.130. The normalized spacial score (nSPS) is 15.4. The number of likely N-dealkylation sites (tertiary alicyclic amines) is 1. The average molecular weight is 414 g/mol. The number of nitrogens with one attached hydrogen (secondary N) is 2. The molecule has 8 heteroatoms. The maximum absolute atomic E-state index is 12.6. The van der Waals surface area contributed by atoms with Crippen LogP contribution in [0.25, 0.3) is 0 Å². The Kier molecular flexibility index (Phi) is 7.70. The Labute approximate surface area is 177 Å². The van der Waals surface area contributed by atoms with Gasteiger partial charge in [0.1, 0.15) is 17.6 Å². The van der Waals surface area contributed by atoms with E-state index in [1.165, 1.54) is 0 Å². The Morgan fingerprint density at radius 3 is 2.73 bits per heavy atom. The van der Waals surface area contributed by atoms with Crippen molar-refractivity contribution in [2.75, 3.05) is 26.7 Å². The van der Waals surface area contributed by atoms with Gasteiger partial charge in [-0.15, -0.1) is 0 Å². The monoisotopic (exact) mass is 413 g/mol. The zero-order valence-electron chi connectivity index (χ0n) is 17.8. The number of urea groups is 1. The molecule has 3 rings (SSSR count). The first-order valence-electron chi connectivity index (χ1n) is 10.5. The van der Waals surface area contributed by atoms with Gasteiger partial charge in [0.05, 0.1) is 7.11 Å². The van der Waals surface area contributed by atoms with Crippen LogP contribution in [0.4, 0.5) is 4.79 Å². The van der Waals surface area contributed by atoms with Crippen LogP contribution in [0, 0.1) is 0 Å². The molecule has 0 saturated carbocycles. The second-order valence-corrected chi connectivity index (χ2v) is 7.55. The van der Waals surface area contributed by atoms with E-state index in [2.05, 4.69) is 15.6 Å². The summed E-state index contributed by atoms with van der Waals surface area (Å²) in [6.45, 7) is 2.01. The van der Waals surface area contributed by atoms with Crippen molar-refractivity contribution in [2.45, 2.75) is 38.1 Å². The number of rotatable bonds is 8. The van der Waals surface area contributed by atoms with Crippen molar-refractivity contribution < 1.29 is 14.3 Å². The third-order valence-electron chi connectivity index (χ3n) is 5.40. The van der Waals surface area contributed by atoms with E-state index < -0.39 is 0 Å². The molecule has 8 nitrogen and oxygen atoms in total. The summed E-state index contributed by atoms with van der Waals surface area (Å²) in [7, 11) is 3.52. The lowest BCUT2D eigenvalue weighted by Crippen LogP contribution is -2.40. The van der Waals surface area contributed by atoms with Crippen molar-refractivity contribution in [2.24, 2.45) is 7.05 Å². The van der Waals surface area contributed by atoms with Crippen LogP contribution in [0.1, 0.15) is 49.5 Å². The number of hydrogen-bond donors (Lipinski definition) is 2. The highest BCUT2D eigenvalue weighted by molar-refractivity contribution is 5.76. The molecule has 1 fully saturated rings. The van der Waals surface area contributed by atoms with Crippen LogP contribution in [0.2, 0.25) is 0 Å². The second-order valence-electron chi connectivity index (χ2n) is 7.55. The Bertz CT molecular complexity index is 834. The van der Waals surface area contributed by atoms with Crippen LogP contribution >= 0.6 is 0 Å². The number of ether oxygens (including phenoxy) is 1. The van der Waals surface area contributed by atoms with Crippen molar-refractivity contribution in [3.05, 3.63) is 48.0 Å². The van der Waals surface area contributed by atoms with Gasteiger partial charge >= 0.3 is 6.03 Å². The van der Waals surface area contributed by atoms with Crippen LogP contribution in [-0.2, 0) is 11.8 Å². The third kappa shape index (κ3) is 5.75. The largest absolute Gasteiger partial charge is 0.497 e. The van der Waals surface area contributed by atoms with Crippen LogP contribution in [0.15, 0.2) is 36.7 Å². The number of aryl methyl sites for hydroxylation is 1. The van der Waals surface area contributed by atoms with Crippen molar-refractivity contribution in [1.29, 1.82) is 0 Å². The SMILES string of the molecule is COc1ccc([C@@H](NC(=O)NCCCN2CCCCCC2=O)c2nccn2C)cc1. The molecule has 1 aliphatic heterocycles. The molecule has 1 aromatic carbocycles. The molecule has 1 atom stereocenters.